The fraction of sp³-hybridized carbons (Fsp3) is 1.00. The summed E-state index contributed by atoms with van der Waals surface area (Å²) in [5.74, 6) is 0. The van der Waals surface area contributed by atoms with Gasteiger partial charge in [-0.2, -0.15) is 0 Å². The molecule has 1 fully saturated rings. The first-order valence-corrected chi connectivity index (χ1v) is 6.53. The lowest BCUT2D eigenvalue weighted by Crippen LogP contribution is -2.55. The molecule has 3 nitrogen and oxygen atoms in total. The maximum absolute atomic E-state index is 6.00. The van der Waals surface area contributed by atoms with Crippen LogP contribution in [-0.4, -0.2) is 54.1 Å². The van der Waals surface area contributed by atoms with Gasteiger partial charge in [0.15, 0.2) is 0 Å². The molecule has 1 rings (SSSR count). The maximum atomic E-state index is 6.00. The van der Waals surface area contributed by atoms with Gasteiger partial charge in [-0.05, 0) is 54.1 Å². The predicted octanol–water partition coefficient (Wildman–Crippen LogP) is 1.53. The highest BCUT2D eigenvalue weighted by Gasteiger charge is 2.26. The van der Waals surface area contributed by atoms with Crippen molar-refractivity contribution >= 4 is 0 Å². The summed E-state index contributed by atoms with van der Waals surface area (Å²) in [6.45, 7) is 12.5. The number of hydrogen-bond donors (Lipinski definition) is 1. The Kier molecular flexibility index (Phi) is 4.77. The van der Waals surface area contributed by atoms with E-state index in [0.717, 1.165) is 6.42 Å². The second-order valence-electron chi connectivity index (χ2n) is 6.22. The molecule has 0 saturated carbocycles. The van der Waals surface area contributed by atoms with E-state index < -0.39 is 0 Å². The first-order valence-electron chi connectivity index (χ1n) is 6.53. The van der Waals surface area contributed by atoms with E-state index in [1.54, 1.807) is 0 Å². The number of nitrogens with two attached hydrogens (primary N) is 1. The van der Waals surface area contributed by atoms with E-state index in [-0.39, 0.29) is 5.54 Å². The van der Waals surface area contributed by atoms with Gasteiger partial charge in [-0.3, -0.25) is 4.90 Å². The van der Waals surface area contributed by atoms with Crippen molar-refractivity contribution in [2.45, 2.75) is 58.2 Å². The molecule has 2 unspecified atom stereocenters. The van der Waals surface area contributed by atoms with Crippen LogP contribution in [0.2, 0.25) is 0 Å². The van der Waals surface area contributed by atoms with Crippen LogP contribution in [0.25, 0.3) is 0 Å². The third-order valence-electron chi connectivity index (χ3n) is 3.73. The Morgan fingerprint density at radius 2 is 1.69 bits per heavy atom. The smallest absolute Gasteiger partial charge is 0.0195 e. The van der Waals surface area contributed by atoms with Crippen molar-refractivity contribution in [3.05, 3.63) is 0 Å². The zero-order valence-corrected chi connectivity index (χ0v) is 11.7. The van der Waals surface area contributed by atoms with Gasteiger partial charge >= 0.3 is 0 Å². The first kappa shape index (κ1) is 13.9. The van der Waals surface area contributed by atoms with Gasteiger partial charge < -0.3 is 10.6 Å². The molecule has 0 aromatic heterocycles. The van der Waals surface area contributed by atoms with Gasteiger partial charge in [-0.15, -0.1) is 0 Å². The molecule has 96 valence electrons. The van der Waals surface area contributed by atoms with Crippen LogP contribution >= 0.6 is 0 Å². The molecule has 0 amide bonds. The maximum Gasteiger partial charge on any atom is 0.0195 e. The van der Waals surface area contributed by atoms with Crippen LogP contribution in [0.3, 0.4) is 0 Å². The number of likely N-dealkylation sites (N-methyl/N-ethyl adjacent to an activating group) is 1. The molecule has 0 aliphatic carbocycles. The van der Waals surface area contributed by atoms with Crippen LogP contribution in [0.4, 0.5) is 0 Å². The van der Waals surface area contributed by atoms with Crippen molar-refractivity contribution in [1.29, 1.82) is 0 Å². The van der Waals surface area contributed by atoms with Crippen LogP contribution in [0, 0.1) is 0 Å². The summed E-state index contributed by atoms with van der Waals surface area (Å²) in [6.07, 6.45) is 2.33. The number of rotatable bonds is 4. The average molecular weight is 227 g/mol. The summed E-state index contributed by atoms with van der Waals surface area (Å²) in [5.41, 5.74) is 5.99. The van der Waals surface area contributed by atoms with Crippen molar-refractivity contribution in [3.8, 4) is 0 Å². The Hall–Kier alpha value is -0.120. The van der Waals surface area contributed by atoms with Gasteiger partial charge in [-0.1, -0.05) is 0 Å². The molecule has 1 aliphatic heterocycles. The fourth-order valence-electron chi connectivity index (χ4n) is 2.45. The molecule has 0 aromatic carbocycles. The molecule has 1 saturated heterocycles. The number of piperazine rings is 1. The van der Waals surface area contributed by atoms with Crippen LogP contribution < -0.4 is 5.73 Å². The van der Waals surface area contributed by atoms with Crippen LogP contribution in [0.5, 0.6) is 0 Å². The van der Waals surface area contributed by atoms with Gasteiger partial charge in [0.25, 0.3) is 0 Å². The second kappa shape index (κ2) is 5.48. The van der Waals surface area contributed by atoms with Crippen LogP contribution in [0.1, 0.15) is 40.5 Å². The Balaban J connectivity index is 2.28. The highest BCUT2D eigenvalue weighted by Crippen LogP contribution is 2.15. The minimum absolute atomic E-state index is 0.0101. The van der Waals surface area contributed by atoms with Crippen molar-refractivity contribution < 1.29 is 0 Å². The summed E-state index contributed by atoms with van der Waals surface area (Å²) in [5, 5.41) is 0. The molecule has 3 heteroatoms. The Labute approximate surface area is 101 Å². The Morgan fingerprint density at radius 3 is 2.12 bits per heavy atom. The summed E-state index contributed by atoms with van der Waals surface area (Å²) in [6, 6.07) is 1.35. The summed E-state index contributed by atoms with van der Waals surface area (Å²) >= 11 is 0. The monoisotopic (exact) mass is 227 g/mol. The molecule has 1 aliphatic rings. The van der Waals surface area contributed by atoms with Crippen molar-refractivity contribution in [2.75, 3.05) is 26.7 Å². The number of nitrogens with zero attached hydrogens (tertiary/aromatic N) is 2. The molecular formula is C13H29N3. The highest BCUT2D eigenvalue weighted by atomic mass is 15.3. The van der Waals surface area contributed by atoms with Crippen molar-refractivity contribution in [3.63, 3.8) is 0 Å². The van der Waals surface area contributed by atoms with E-state index in [4.69, 9.17) is 5.73 Å². The van der Waals surface area contributed by atoms with Gasteiger partial charge in [0.1, 0.15) is 0 Å². The zero-order valence-electron chi connectivity index (χ0n) is 11.7. The molecule has 0 aromatic rings. The minimum Gasteiger partial charge on any atom is -0.326 e. The van der Waals surface area contributed by atoms with Crippen LogP contribution in [0.15, 0.2) is 0 Å². The third-order valence-corrected chi connectivity index (χ3v) is 3.73. The van der Waals surface area contributed by atoms with E-state index in [1.807, 2.05) is 0 Å². The van der Waals surface area contributed by atoms with E-state index in [1.165, 1.54) is 26.1 Å². The standard InChI is InChI=1S/C13H29N3/c1-11-9-16(10-12(2)15(11)5)8-6-7-13(3,4)14/h11-12H,6-10,14H2,1-5H3. The molecule has 16 heavy (non-hydrogen) atoms. The molecule has 2 N–H and O–H groups in total. The zero-order chi connectivity index (χ0) is 12.3. The Bertz CT molecular complexity index is 198. The average Bonchev–Trinajstić information content (AvgIpc) is 2.12. The van der Waals surface area contributed by atoms with E-state index in [2.05, 4.69) is 44.5 Å². The van der Waals surface area contributed by atoms with E-state index in [9.17, 15) is 0 Å². The normalized spacial score (nSPS) is 29.6. The lowest BCUT2D eigenvalue weighted by Gasteiger charge is -2.42. The van der Waals surface area contributed by atoms with Crippen molar-refractivity contribution in [2.24, 2.45) is 5.73 Å². The van der Waals surface area contributed by atoms with Gasteiger partial charge in [0.2, 0.25) is 0 Å². The van der Waals surface area contributed by atoms with Gasteiger partial charge in [0.05, 0.1) is 0 Å². The molecule has 0 bridgehead atoms. The summed E-state index contributed by atoms with van der Waals surface area (Å²) in [7, 11) is 2.23. The first-order chi connectivity index (χ1) is 7.29. The molecule has 1 heterocycles. The highest BCUT2D eigenvalue weighted by molar-refractivity contribution is 4.83. The van der Waals surface area contributed by atoms with Crippen LogP contribution in [-0.2, 0) is 0 Å². The van der Waals surface area contributed by atoms with E-state index in [0.29, 0.717) is 12.1 Å². The van der Waals surface area contributed by atoms with E-state index >= 15 is 0 Å². The number of hydrogen-bond acceptors (Lipinski definition) is 3. The van der Waals surface area contributed by atoms with Gasteiger partial charge in [0, 0.05) is 30.7 Å². The molecule has 2 atom stereocenters. The van der Waals surface area contributed by atoms with Gasteiger partial charge in [-0.25, -0.2) is 0 Å². The molecule has 0 radical (unpaired) electrons. The molecular weight excluding hydrogens is 198 g/mol. The molecule has 0 spiro atoms. The third kappa shape index (κ3) is 4.40. The second-order valence-corrected chi connectivity index (χ2v) is 6.22. The lowest BCUT2D eigenvalue weighted by atomic mass is 9.99. The largest absolute Gasteiger partial charge is 0.326 e. The topological polar surface area (TPSA) is 32.5 Å². The minimum atomic E-state index is -0.0101. The SMILES string of the molecule is CC1CN(CCCC(C)(C)N)CC(C)N1C. The predicted molar refractivity (Wildman–Crippen MR) is 70.6 cm³/mol. The summed E-state index contributed by atoms with van der Waals surface area (Å²) < 4.78 is 0. The quantitative estimate of drug-likeness (QED) is 0.790. The fourth-order valence-corrected chi connectivity index (χ4v) is 2.45. The lowest BCUT2D eigenvalue weighted by molar-refractivity contribution is 0.0584. The summed E-state index contributed by atoms with van der Waals surface area (Å²) in [4.78, 5) is 5.06. The van der Waals surface area contributed by atoms with Crippen molar-refractivity contribution in [1.82, 2.24) is 9.80 Å². The Morgan fingerprint density at radius 1 is 1.19 bits per heavy atom.